The maximum absolute atomic E-state index is 13.2. The number of likely N-dealkylation sites (N-methyl/N-ethyl adjacent to an activating group) is 1. The second-order valence-electron chi connectivity index (χ2n) is 7.43. The topological polar surface area (TPSA) is 76.1 Å². The van der Waals surface area contributed by atoms with Crippen LogP contribution in [0, 0.1) is 0 Å². The number of urea groups is 2. The summed E-state index contributed by atoms with van der Waals surface area (Å²) in [7, 11) is 0. The number of nitrogens with zero attached hydrogens (tertiary/aromatic N) is 3. The smallest absolute Gasteiger partial charge is 0.315 e. The Morgan fingerprint density at radius 2 is 1.65 bits per heavy atom. The molecule has 7 nitrogen and oxygen atoms in total. The van der Waals surface area contributed by atoms with E-state index >= 15 is 0 Å². The number of benzene rings is 2. The molecular weight excluding hydrogens is 486 g/mol. The Labute approximate surface area is 200 Å². The van der Waals surface area contributed by atoms with Crippen LogP contribution >= 0.6 is 46.4 Å². The Balaban J connectivity index is 1.98. The zero-order valence-electron chi connectivity index (χ0n) is 16.9. The molecule has 0 radical (unpaired) electrons. The first-order valence-electron chi connectivity index (χ1n) is 9.29. The van der Waals surface area contributed by atoms with Gasteiger partial charge in [0.15, 0.2) is 6.17 Å². The summed E-state index contributed by atoms with van der Waals surface area (Å²) in [5, 5.41) is 15.1. The van der Waals surface area contributed by atoms with Crippen molar-refractivity contribution in [3.63, 3.8) is 0 Å². The number of hydrogen-bond donors (Lipinski definition) is 2. The van der Waals surface area contributed by atoms with Crippen LogP contribution in [0.25, 0.3) is 0 Å². The summed E-state index contributed by atoms with van der Waals surface area (Å²) in [6.45, 7) is 5.69. The van der Waals surface area contributed by atoms with Crippen LogP contribution in [0.3, 0.4) is 0 Å². The highest BCUT2D eigenvalue weighted by molar-refractivity contribution is 6.42. The molecule has 2 N–H and O–H groups in total. The van der Waals surface area contributed by atoms with E-state index in [1.807, 2.05) is 6.92 Å². The molecule has 1 fully saturated rings. The van der Waals surface area contributed by atoms with Crippen molar-refractivity contribution in [1.82, 2.24) is 9.96 Å². The second kappa shape index (κ2) is 8.92. The van der Waals surface area contributed by atoms with Crippen LogP contribution in [0.15, 0.2) is 36.4 Å². The van der Waals surface area contributed by atoms with Crippen LogP contribution in [0.1, 0.15) is 20.8 Å². The predicted octanol–water partition coefficient (Wildman–Crippen LogP) is 6.59. The molecule has 0 aromatic heterocycles. The number of carbonyl (C=O) groups excluding carboxylic acids is 2. The van der Waals surface area contributed by atoms with Gasteiger partial charge in [-0.1, -0.05) is 46.4 Å². The molecule has 1 aliphatic rings. The van der Waals surface area contributed by atoms with E-state index in [9.17, 15) is 14.8 Å². The van der Waals surface area contributed by atoms with Gasteiger partial charge >= 0.3 is 12.1 Å². The molecule has 166 valence electrons. The van der Waals surface area contributed by atoms with Gasteiger partial charge in [0.05, 0.1) is 25.6 Å². The number of hydrogen-bond acceptors (Lipinski definition) is 3. The van der Waals surface area contributed by atoms with Crippen LogP contribution in [0.4, 0.5) is 21.0 Å². The van der Waals surface area contributed by atoms with Crippen molar-refractivity contribution >= 4 is 69.8 Å². The molecule has 2 aromatic rings. The predicted molar refractivity (Wildman–Crippen MR) is 124 cm³/mol. The Bertz CT molecular complexity index is 1030. The summed E-state index contributed by atoms with van der Waals surface area (Å²) < 4.78 is 0. The van der Waals surface area contributed by atoms with E-state index in [0.717, 1.165) is 0 Å². The van der Waals surface area contributed by atoms with Crippen LogP contribution in [0.5, 0.6) is 0 Å². The molecule has 0 unspecified atom stereocenters. The summed E-state index contributed by atoms with van der Waals surface area (Å²) in [5.41, 5.74) is -0.231. The number of halogens is 4. The lowest BCUT2D eigenvalue weighted by molar-refractivity contribution is -0.0945. The zero-order valence-corrected chi connectivity index (χ0v) is 19.9. The maximum atomic E-state index is 13.2. The molecule has 4 amide bonds. The number of hydroxylamine groups is 2. The average Bonchev–Trinajstić information content (AvgIpc) is 2.90. The molecule has 3 rings (SSSR count). The molecule has 1 atom stereocenters. The lowest BCUT2D eigenvalue weighted by Gasteiger charge is -2.38. The third-order valence-electron chi connectivity index (χ3n) is 5.12. The SMILES string of the molecule is CCN1C(=O)N(c2ccc(Cl)c(Cl)c2)[C@@H](N(O)C(=O)Nc2ccc(Cl)c(Cl)c2)C1(C)C. The minimum Gasteiger partial charge on any atom is -0.315 e. The quantitative estimate of drug-likeness (QED) is 0.363. The van der Waals surface area contributed by atoms with Gasteiger partial charge in [0.2, 0.25) is 0 Å². The molecule has 1 saturated heterocycles. The number of amides is 4. The molecule has 11 heteroatoms. The summed E-state index contributed by atoms with van der Waals surface area (Å²) in [6.07, 6.45) is -1.07. The highest BCUT2D eigenvalue weighted by atomic mass is 35.5. The van der Waals surface area contributed by atoms with E-state index in [1.54, 1.807) is 36.9 Å². The van der Waals surface area contributed by atoms with Gasteiger partial charge in [-0.2, -0.15) is 5.06 Å². The molecule has 31 heavy (non-hydrogen) atoms. The van der Waals surface area contributed by atoms with Crippen molar-refractivity contribution in [2.24, 2.45) is 0 Å². The van der Waals surface area contributed by atoms with Gasteiger partial charge in [0.1, 0.15) is 0 Å². The average molecular weight is 506 g/mol. The van der Waals surface area contributed by atoms with Crippen molar-refractivity contribution in [1.29, 1.82) is 0 Å². The molecule has 0 saturated carbocycles. The van der Waals surface area contributed by atoms with Gasteiger partial charge in [-0.25, -0.2) is 9.59 Å². The third-order valence-corrected chi connectivity index (χ3v) is 6.60. The van der Waals surface area contributed by atoms with Crippen LogP contribution in [-0.4, -0.2) is 45.5 Å². The van der Waals surface area contributed by atoms with E-state index in [4.69, 9.17) is 46.4 Å². The van der Waals surface area contributed by atoms with Crippen LogP contribution in [-0.2, 0) is 0 Å². The van der Waals surface area contributed by atoms with Gasteiger partial charge in [-0.15, -0.1) is 0 Å². The monoisotopic (exact) mass is 504 g/mol. The molecule has 1 heterocycles. The first-order chi connectivity index (χ1) is 14.5. The molecular formula is C20H20Cl4N4O3. The first kappa shape index (κ1) is 23.8. The fraction of sp³-hybridized carbons (Fsp3) is 0.300. The highest BCUT2D eigenvalue weighted by Crippen LogP contribution is 2.39. The van der Waals surface area contributed by atoms with E-state index in [0.29, 0.717) is 33.0 Å². The molecule has 0 bridgehead atoms. The fourth-order valence-electron chi connectivity index (χ4n) is 3.64. The lowest BCUT2D eigenvalue weighted by Crippen LogP contribution is -2.58. The standard InChI is InChI=1S/C20H20Cl4N4O3/c1-4-26-19(30)27(12-6-8-14(22)16(24)10-12)17(20(26,2)3)28(31)18(29)25-11-5-7-13(21)15(23)9-11/h5-10,17,31H,4H2,1-3H3,(H,25,29)/t17-/m0/s1. The van der Waals surface area contributed by atoms with Crippen molar-refractivity contribution in [2.75, 3.05) is 16.8 Å². The van der Waals surface area contributed by atoms with Gasteiger partial charge < -0.3 is 10.2 Å². The molecule has 0 spiro atoms. The van der Waals surface area contributed by atoms with Gasteiger partial charge in [-0.3, -0.25) is 10.1 Å². The maximum Gasteiger partial charge on any atom is 0.347 e. The molecule has 1 aliphatic heterocycles. The van der Waals surface area contributed by atoms with Gasteiger partial charge in [0, 0.05) is 17.9 Å². The number of anilines is 2. The fourth-order valence-corrected chi connectivity index (χ4v) is 4.23. The van der Waals surface area contributed by atoms with Crippen molar-refractivity contribution in [3.05, 3.63) is 56.5 Å². The van der Waals surface area contributed by atoms with Crippen molar-refractivity contribution in [3.8, 4) is 0 Å². The van der Waals surface area contributed by atoms with Crippen molar-refractivity contribution < 1.29 is 14.8 Å². The second-order valence-corrected chi connectivity index (χ2v) is 9.05. The van der Waals surface area contributed by atoms with Gasteiger partial charge in [0.25, 0.3) is 0 Å². The summed E-state index contributed by atoms with van der Waals surface area (Å²) in [4.78, 5) is 28.9. The number of nitrogens with one attached hydrogen (secondary N) is 1. The largest absolute Gasteiger partial charge is 0.347 e. The zero-order chi connectivity index (χ0) is 23.1. The third kappa shape index (κ3) is 4.38. The van der Waals surface area contributed by atoms with E-state index in [-0.39, 0.29) is 10.0 Å². The number of rotatable bonds is 4. The van der Waals surface area contributed by atoms with E-state index in [1.165, 1.54) is 23.1 Å². The normalized spacial score (nSPS) is 17.8. The Morgan fingerprint density at radius 1 is 1.06 bits per heavy atom. The number of carbonyl (C=O) groups is 2. The highest BCUT2D eigenvalue weighted by Gasteiger charge is 2.55. The summed E-state index contributed by atoms with van der Waals surface area (Å²) in [6, 6.07) is 7.92. The minimum absolute atomic E-state index is 0.239. The Kier molecular flexibility index (Phi) is 6.84. The van der Waals surface area contributed by atoms with Crippen molar-refractivity contribution in [2.45, 2.75) is 32.5 Å². The Morgan fingerprint density at radius 3 is 2.19 bits per heavy atom. The van der Waals surface area contributed by atoms with Crippen LogP contribution in [0.2, 0.25) is 20.1 Å². The summed E-state index contributed by atoms with van der Waals surface area (Å²) >= 11 is 24.1. The summed E-state index contributed by atoms with van der Waals surface area (Å²) in [5.74, 6) is 0. The van der Waals surface area contributed by atoms with E-state index in [2.05, 4.69) is 5.32 Å². The molecule has 2 aromatic carbocycles. The lowest BCUT2D eigenvalue weighted by atomic mass is 10.00. The molecule has 0 aliphatic carbocycles. The minimum atomic E-state index is -1.07. The van der Waals surface area contributed by atoms with E-state index < -0.39 is 23.8 Å². The van der Waals surface area contributed by atoms with Gasteiger partial charge in [-0.05, 0) is 57.2 Å². The Hall–Kier alpha value is -1.90. The first-order valence-corrected chi connectivity index (χ1v) is 10.8. The van der Waals surface area contributed by atoms with Crippen LogP contribution < -0.4 is 10.2 Å².